The molecule has 2 aromatic heterocycles. The minimum atomic E-state index is 0.378. The lowest BCUT2D eigenvalue weighted by molar-refractivity contribution is 0.415. The van der Waals surface area contributed by atoms with Crippen molar-refractivity contribution < 1.29 is 4.74 Å². The first kappa shape index (κ1) is 20.0. The molecule has 4 aromatic rings. The van der Waals surface area contributed by atoms with E-state index in [1.54, 1.807) is 19.5 Å². The molecule has 0 saturated heterocycles. The van der Waals surface area contributed by atoms with Gasteiger partial charge in [0, 0.05) is 30.7 Å². The molecule has 0 atom stereocenters. The third-order valence-corrected chi connectivity index (χ3v) is 4.70. The molecular formula is C22H22N8O. The zero-order valence-corrected chi connectivity index (χ0v) is 17.2. The molecule has 0 spiro atoms. The average molecular weight is 414 g/mol. The van der Waals surface area contributed by atoms with Crippen molar-refractivity contribution in [1.29, 1.82) is 0 Å². The maximum atomic E-state index is 6.33. The number of benzene rings is 2. The Balaban J connectivity index is 1.63. The first-order valence-electron chi connectivity index (χ1n) is 9.46. The number of anilines is 4. The summed E-state index contributed by atoms with van der Waals surface area (Å²) in [6, 6.07) is 15.1. The zero-order chi connectivity index (χ0) is 21.8. The fourth-order valence-electron chi connectivity index (χ4n) is 3.09. The summed E-state index contributed by atoms with van der Waals surface area (Å²) in [5.41, 5.74) is 2.97. The van der Waals surface area contributed by atoms with Gasteiger partial charge in [0.25, 0.3) is 0 Å². The molecule has 0 saturated carbocycles. The number of imidazole rings is 1. The van der Waals surface area contributed by atoms with Crippen molar-refractivity contribution in [3.8, 4) is 17.1 Å². The molecule has 0 aliphatic carbocycles. The largest absolute Gasteiger partial charge is 0.497 e. The Morgan fingerprint density at radius 3 is 2.65 bits per heavy atom. The molecular weight excluding hydrogens is 392 g/mol. The number of hydrogen-bond acceptors (Lipinski definition) is 8. The number of aliphatic imine (C=N–C) groups is 1. The smallest absolute Gasteiger partial charge is 0.229 e. The molecule has 2 heterocycles. The number of aryl methyl sites for hydroxylation is 1. The van der Waals surface area contributed by atoms with Crippen molar-refractivity contribution in [2.75, 3.05) is 17.4 Å². The summed E-state index contributed by atoms with van der Waals surface area (Å²) >= 11 is 0. The van der Waals surface area contributed by atoms with E-state index in [-0.39, 0.29) is 0 Å². The summed E-state index contributed by atoms with van der Waals surface area (Å²) in [7, 11) is 3.56. The summed E-state index contributed by atoms with van der Waals surface area (Å²) in [5, 5.41) is 4.65. The van der Waals surface area contributed by atoms with Gasteiger partial charge in [-0.15, -0.1) is 0 Å². The predicted molar refractivity (Wildman–Crippen MR) is 122 cm³/mol. The maximum Gasteiger partial charge on any atom is 0.229 e. The number of rotatable bonds is 7. The van der Waals surface area contributed by atoms with Crippen molar-refractivity contribution in [3.05, 3.63) is 67.1 Å². The van der Waals surface area contributed by atoms with Gasteiger partial charge in [0.15, 0.2) is 5.82 Å². The quantitative estimate of drug-likeness (QED) is 0.268. The Morgan fingerprint density at radius 2 is 1.97 bits per heavy atom. The van der Waals surface area contributed by atoms with Crippen molar-refractivity contribution in [2.24, 2.45) is 17.9 Å². The topological polar surface area (TPSA) is 106 Å². The Hall–Kier alpha value is -4.24. The van der Waals surface area contributed by atoms with Crippen molar-refractivity contribution in [1.82, 2.24) is 19.5 Å². The van der Waals surface area contributed by atoms with Gasteiger partial charge in [0.1, 0.15) is 17.3 Å². The van der Waals surface area contributed by atoms with Gasteiger partial charge < -0.3 is 14.6 Å². The van der Waals surface area contributed by atoms with Gasteiger partial charge in [-0.05, 0) is 43.1 Å². The number of ether oxygens (including phenoxy) is 1. The highest BCUT2D eigenvalue weighted by atomic mass is 16.5. The Morgan fingerprint density at radius 1 is 1.16 bits per heavy atom. The van der Waals surface area contributed by atoms with Gasteiger partial charge in [0.2, 0.25) is 5.95 Å². The Labute approximate surface area is 179 Å². The van der Waals surface area contributed by atoms with Crippen LogP contribution in [0.2, 0.25) is 0 Å². The first-order valence-corrected chi connectivity index (χ1v) is 9.46. The highest BCUT2D eigenvalue weighted by Crippen LogP contribution is 2.31. The number of hydrogen-bond donors (Lipinski definition) is 2. The molecule has 0 fully saturated rings. The molecule has 0 aliphatic heterocycles. The van der Waals surface area contributed by atoms with Crippen molar-refractivity contribution in [2.45, 2.75) is 0 Å². The minimum Gasteiger partial charge on any atom is -0.497 e. The van der Waals surface area contributed by atoms with Crippen LogP contribution in [-0.2, 0) is 7.05 Å². The number of hydrazine groups is 1. The second-order valence-electron chi connectivity index (χ2n) is 6.70. The van der Waals surface area contributed by atoms with Gasteiger partial charge in [-0.3, -0.25) is 10.0 Å². The van der Waals surface area contributed by atoms with E-state index in [9.17, 15) is 0 Å². The molecule has 4 rings (SSSR count). The van der Waals surface area contributed by atoms with Crippen LogP contribution in [0, 0.1) is 0 Å². The van der Waals surface area contributed by atoms with Crippen LogP contribution in [0.3, 0.4) is 0 Å². The van der Waals surface area contributed by atoms with Gasteiger partial charge in [0.05, 0.1) is 19.0 Å². The third-order valence-electron chi connectivity index (χ3n) is 4.70. The fourth-order valence-corrected chi connectivity index (χ4v) is 3.09. The molecule has 9 nitrogen and oxygen atoms in total. The second kappa shape index (κ2) is 8.64. The lowest BCUT2D eigenvalue weighted by Crippen LogP contribution is -2.26. The molecule has 0 radical (unpaired) electrons. The Kier molecular flexibility index (Phi) is 5.59. The van der Waals surface area contributed by atoms with Crippen LogP contribution in [0.4, 0.5) is 28.8 Å². The number of nitrogens with zero attached hydrogens (tertiary/aromatic N) is 6. The molecule has 31 heavy (non-hydrogen) atoms. The van der Waals surface area contributed by atoms with Crippen LogP contribution >= 0.6 is 0 Å². The number of aromatic nitrogens is 4. The average Bonchev–Trinajstić information content (AvgIpc) is 3.24. The van der Waals surface area contributed by atoms with Crippen LogP contribution in [-0.4, -0.2) is 33.3 Å². The summed E-state index contributed by atoms with van der Waals surface area (Å²) in [5.74, 6) is 8.72. The number of nitrogens with two attached hydrogens (primary N) is 1. The van der Waals surface area contributed by atoms with Gasteiger partial charge >= 0.3 is 0 Å². The van der Waals surface area contributed by atoms with E-state index >= 15 is 0 Å². The number of methoxy groups -OCH3 is 1. The lowest BCUT2D eigenvalue weighted by atomic mass is 10.2. The zero-order valence-electron chi connectivity index (χ0n) is 17.2. The monoisotopic (exact) mass is 414 g/mol. The SMILES string of the molecule is C=Nc1cnc(Nc2cccc(-c3nccn3C)c2)nc1N(N)c1ccc(OC)cc1. The minimum absolute atomic E-state index is 0.378. The molecule has 156 valence electrons. The van der Waals surface area contributed by atoms with Crippen LogP contribution in [0.1, 0.15) is 0 Å². The molecule has 0 aliphatic rings. The third kappa shape index (κ3) is 4.21. The highest BCUT2D eigenvalue weighted by molar-refractivity contribution is 5.73. The normalized spacial score (nSPS) is 10.5. The van der Waals surface area contributed by atoms with Gasteiger partial charge in [-0.25, -0.2) is 15.8 Å². The van der Waals surface area contributed by atoms with Gasteiger partial charge in [-0.2, -0.15) is 4.98 Å². The van der Waals surface area contributed by atoms with E-state index in [2.05, 4.69) is 32.0 Å². The summed E-state index contributed by atoms with van der Waals surface area (Å²) < 4.78 is 7.16. The first-order chi connectivity index (χ1) is 15.1. The summed E-state index contributed by atoms with van der Waals surface area (Å²) in [4.78, 5) is 17.3. The van der Waals surface area contributed by atoms with E-state index < -0.39 is 0 Å². The maximum absolute atomic E-state index is 6.33. The highest BCUT2D eigenvalue weighted by Gasteiger charge is 2.14. The molecule has 2 aromatic carbocycles. The predicted octanol–water partition coefficient (Wildman–Crippen LogP) is 3.97. The lowest BCUT2D eigenvalue weighted by Gasteiger charge is -2.20. The summed E-state index contributed by atoms with van der Waals surface area (Å²) in [6.45, 7) is 3.60. The van der Waals surface area contributed by atoms with Crippen molar-refractivity contribution in [3.63, 3.8) is 0 Å². The standard InChI is InChI=1S/C22H22N8O/c1-24-19-14-26-22(28-21(19)30(23)17-7-9-18(31-3)10-8-17)27-16-6-4-5-15(13-16)20-25-11-12-29(20)2/h4-14H,1,23H2,2-3H3,(H,26,27,28). The summed E-state index contributed by atoms with van der Waals surface area (Å²) in [6.07, 6.45) is 5.24. The molecule has 0 bridgehead atoms. The second-order valence-corrected chi connectivity index (χ2v) is 6.70. The van der Waals surface area contributed by atoms with Crippen LogP contribution in [0.15, 0.2) is 72.1 Å². The van der Waals surface area contributed by atoms with Crippen LogP contribution in [0.5, 0.6) is 5.75 Å². The molecule has 3 N–H and O–H groups in total. The molecule has 9 heteroatoms. The van der Waals surface area contributed by atoms with E-state index in [4.69, 9.17) is 10.6 Å². The van der Waals surface area contributed by atoms with E-state index in [1.807, 2.05) is 66.3 Å². The van der Waals surface area contributed by atoms with Crippen LogP contribution in [0.25, 0.3) is 11.4 Å². The molecule has 0 amide bonds. The van der Waals surface area contributed by atoms with Gasteiger partial charge in [-0.1, -0.05) is 12.1 Å². The van der Waals surface area contributed by atoms with E-state index in [1.165, 1.54) is 5.01 Å². The van der Waals surface area contributed by atoms with Crippen LogP contribution < -0.4 is 20.9 Å². The van der Waals surface area contributed by atoms with Crippen molar-refractivity contribution >= 4 is 35.5 Å². The molecule has 0 unspecified atom stereocenters. The van der Waals surface area contributed by atoms with E-state index in [0.29, 0.717) is 23.1 Å². The van der Waals surface area contributed by atoms with E-state index in [0.717, 1.165) is 22.8 Å². The Bertz CT molecular complexity index is 1200. The fraction of sp³-hybridized carbons (Fsp3) is 0.0909. The number of nitrogens with one attached hydrogen (secondary N) is 1.